The van der Waals surface area contributed by atoms with Crippen LogP contribution in [0.2, 0.25) is 0 Å². The van der Waals surface area contributed by atoms with Crippen molar-refractivity contribution >= 4 is 41.9 Å². The van der Waals surface area contributed by atoms with Crippen molar-refractivity contribution in [1.29, 1.82) is 0 Å². The van der Waals surface area contributed by atoms with Gasteiger partial charge in [0.2, 0.25) is 10.0 Å². The monoisotopic (exact) mass is 413 g/mol. The molecule has 0 radical (unpaired) electrons. The predicted molar refractivity (Wildman–Crippen MR) is 79.3 cm³/mol. The Morgan fingerprint density at radius 2 is 2.11 bits per heavy atom. The molecular formula is C12H14Br2FNO2S. The van der Waals surface area contributed by atoms with E-state index in [1.807, 2.05) is 0 Å². The molecule has 0 aromatic heterocycles. The first-order valence-electron chi connectivity index (χ1n) is 5.97. The standard InChI is InChI=1S/C12H14Br2FNO2S/c13-9-2-1-8(5-9)7-16-19(17,18)12-4-3-10(14)6-11(12)15/h3-4,6,8-9,16H,1-2,5,7H2. The van der Waals surface area contributed by atoms with Gasteiger partial charge in [0.1, 0.15) is 10.7 Å². The van der Waals surface area contributed by atoms with Crippen LogP contribution in [-0.2, 0) is 10.0 Å². The van der Waals surface area contributed by atoms with Gasteiger partial charge in [-0.05, 0) is 43.4 Å². The Labute approximate surface area is 129 Å². The van der Waals surface area contributed by atoms with E-state index in [0.29, 0.717) is 21.8 Å². The zero-order chi connectivity index (χ0) is 14.0. The molecule has 1 aliphatic rings. The van der Waals surface area contributed by atoms with Gasteiger partial charge in [0, 0.05) is 15.8 Å². The van der Waals surface area contributed by atoms with Crippen molar-refractivity contribution in [2.75, 3.05) is 6.54 Å². The predicted octanol–water partition coefficient (Wildman–Crippen LogP) is 3.43. The highest BCUT2D eigenvalue weighted by Crippen LogP contribution is 2.30. The van der Waals surface area contributed by atoms with Gasteiger partial charge >= 0.3 is 0 Å². The molecule has 1 N–H and O–H groups in total. The fraction of sp³-hybridized carbons (Fsp3) is 0.500. The van der Waals surface area contributed by atoms with Gasteiger partial charge in [-0.2, -0.15) is 0 Å². The van der Waals surface area contributed by atoms with Gasteiger partial charge in [0.25, 0.3) is 0 Å². The first-order valence-corrected chi connectivity index (χ1v) is 9.16. The van der Waals surface area contributed by atoms with E-state index < -0.39 is 15.8 Å². The molecule has 0 heterocycles. The number of alkyl halides is 1. The number of hydrogen-bond acceptors (Lipinski definition) is 2. The minimum atomic E-state index is -3.77. The van der Waals surface area contributed by atoms with Crippen LogP contribution >= 0.6 is 31.9 Å². The Bertz CT molecular complexity index is 565. The molecule has 19 heavy (non-hydrogen) atoms. The lowest BCUT2D eigenvalue weighted by Gasteiger charge is -2.12. The van der Waals surface area contributed by atoms with Crippen LogP contribution in [-0.4, -0.2) is 19.8 Å². The summed E-state index contributed by atoms with van der Waals surface area (Å²) in [6.07, 6.45) is 2.99. The molecule has 3 nitrogen and oxygen atoms in total. The average Bonchev–Trinajstić information content (AvgIpc) is 2.72. The van der Waals surface area contributed by atoms with Crippen LogP contribution in [0.3, 0.4) is 0 Å². The van der Waals surface area contributed by atoms with E-state index in [1.165, 1.54) is 12.1 Å². The maximum Gasteiger partial charge on any atom is 0.243 e. The Kier molecular flexibility index (Phi) is 5.03. The van der Waals surface area contributed by atoms with Crippen LogP contribution < -0.4 is 4.72 Å². The summed E-state index contributed by atoms with van der Waals surface area (Å²) in [6, 6.07) is 3.93. The van der Waals surface area contributed by atoms with E-state index in [2.05, 4.69) is 36.6 Å². The maximum atomic E-state index is 13.7. The van der Waals surface area contributed by atoms with E-state index in [4.69, 9.17) is 0 Å². The van der Waals surface area contributed by atoms with Crippen LogP contribution in [0.4, 0.5) is 4.39 Å². The molecule has 2 unspecified atom stereocenters. The summed E-state index contributed by atoms with van der Waals surface area (Å²) in [7, 11) is -3.77. The zero-order valence-electron chi connectivity index (χ0n) is 10.1. The number of nitrogens with one attached hydrogen (secondary N) is 1. The van der Waals surface area contributed by atoms with Gasteiger partial charge in [-0.25, -0.2) is 17.5 Å². The summed E-state index contributed by atoms with van der Waals surface area (Å²) in [5.41, 5.74) is 0. The average molecular weight is 415 g/mol. The van der Waals surface area contributed by atoms with Gasteiger partial charge in [-0.15, -0.1) is 0 Å². The quantitative estimate of drug-likeness (QED) is 0.767. The molecule has 0 saturated heterocycles. The summed E-state index contributed by atoms with van der Waals surface area (Å²) in [5.74, 6) is -0.427. The van der Waals surface area contributed by atoms with Crippen molar-refractivity contribution in [2.24, 2.45) is 5.92 Å². The summed E-state index contributed by atoms with van der Waals surface area (Å²) in [6.45, 7) is 0.361. The number of halogens is 3. The molecule has 1 aromatic rings. The van der Waals surface area contributed by atoms with Crippen molar-refractivity contribution < 1.29 is 12.8 Å². The molecule has 1 saturated carbocycles. The Morgan fingerprint density at radius 3 is 2.68 bits per heavy atom. The van der Waals surface area contributed by atoms with Crippen molar-refractivity contribution in [3.63, 3.8) is 0 Å². The van der Waals surface area contributed by atoms with Gasteiger partial charge in [0.15, 0.2) is 0 Å². The van der Waals surface area contributed by atoms with Gasteiger partial charge in [-0.3, -0.25) is 0 Å². The molecule has 106 valence electrons. The van der Waals surface area contributed by atoms with Crippen LogP contribution in [0.5, 0.6) is 0 Å². The third kappa shape index (κ3) is 4.00. The van der Waals surface area contributed by atoms with Crippen molar-refractivity contribution in [3.05, 3.63) is 28.5 Å². The highest BCUT2D eigenvalue weighted by Gasteiger charge is 2.25. The van der Waals surface area contributed by atoms with E-state index in [9.17, 15) is 12.8 Å². The summed E-state index contributed by atoms with van der Waals surface area (Å²) in [4.78, 5) is 0.163. The molecule has 1 aromatic carbocycles. The van der Waals surface area contributed by atoms with Crippen LogP contribution in [0.1, 0.15) is 19.3 Å². The topological polar surface area (TPSA) is 46.2 Å². The summed E-state index contributed by atoms with van der Waals surface area (Å²) < 4.78 is 40.7. The molecule has 0 amide bonds. The van der Waals surface area contributed by atoms with E-state index in [0.717, 1.165) is 25.3 Å². The highest BCUT2D eigenvalue weighted by molar-refractivity contribution is 9.10. The summed E-state index contributed by atoms with van der Waals surface area (Å²) in [5, 5.41) is 0. The lowest BCUT2D eigenvalue weighted by Crippen LogP contribution is -2.29. The molecular weight excluding hydrogens is 401 g/mol. The zero-order valence-corrected chi connectivity index (χ0v) is 14.1. The minimum absolute atomic E-state index is 0.302. The van der Waals surface area contributed by atoms with Gasteiger partial charge in [0.05, 0.1) is 0 Å². The SMILES string of the molecule is O=S(=O)(NCC1CCC(Br)C1)c1ccc(Br)cc1F. The fourth-order valence-electron chi connectivity index (χ4n) is 2.20. The smallest absolute Gasteiger partial charge is 0.211 e. The third-order valence-electron chi connectivity index (χ3n) is 3.22. The molecule has 2 atom stereocenters. The molecule has 0 spiro atoms. The second-order valence-electron chi connectivity index (χ2n) is 4.70. The van der Waals surface area contributed by atoms with Gasteiger partial charge < -0.3 is 0 Å². The number of benzene rings is 1. The van der Waals surface area contributed by atoms with Crippen molar-refractivity contribution in [3.8, 4) is 0 Å². The second-order valence-corrected chi connectivity index (χ2v) is 8.65. The van der Waals surface area contributed by atoms with E-state index >= 15 is 0 Å². The first kappa shape index (κ1) is 15.4. The van der Waals surface area contributed by atoms with Crippen LogP contribution in [0.15, 0.2) is 27.6 Å². The van der Waals surface area contributed by atoms with E-state index in [1.54, 1.807) is 0 Å². The molecule has 1 aliphatic carbocycles. The lowest BCUT2D eigenvalue weighted by atomic mass is 10.1. The lowest BCUT2D eigenvalue weighted by molar-refractivity contribution is 0.515. The fourth-order valence-corrected chi connectivity index (χ4v) is 4.50. The Hall–Kier alpha value is 0.0200. The molecule has 2 rings (SSSR count). The highest BCUT2D eigenvalue weighted by atomic mass is 79.9. The van der Waals surface area contributed by atoms with Crippen molar-refractivity contribution in [1.82, 2.24) is 4.72 Å². The van der Waals surface area contributed by atoms with Crippen LogP contribution in [0.25, 0.3) is 0 Å². The van der Waals surface area contributed by atoms with E-state index in [-0.39, 0.29) is 4.90 Å². The number of hydrogen-bond donors (Lipinski definition) is 1. The Balaban J connectivity index is 2.06. The normalized spacial score (nSPS) is 23.7. The number of sulfonamides is 1. The second kappa shape index (κ2) is 6.20. The molecule has 0 aliphatic heterocycles. The molecule has 0 bridgehead atoms. The van der Waals surface area contributed by atoms with Gasteiger partial charge in [-0.1, -0.05) is 31.9 Å². The van der Waals surface area contributed by atoms with Crippen LogP contribution in [0, 0.1) is 11.7 Å². The molecule has 7 heteroatoms. The molecule has 1 fully saturated rings. The summed E-state index contributed by atoms with van der Waals surface area (Å²) >= 11 is 6.62. The largest absolute Gasteiger partial charge is 0.243 e. The van der Waals surface area contributed by atoms with Crippen molar-refractivity contribution in [2.45, 2.75) is 29.0 Å². The maximum absolute atomic E-state index is 13.7. The first-order chi connectivity index (χ1) is 8.88. The Morgan fingerprint density at radius 1 is 1.37 bits per heavy atom. The number of rotatable bonds is 4. The minimum Gasteiger partial charge on any atom is -0.211 e. The third-order valence-corrected chi connectivity index (χ3v) is 6.00.